The molecule has 3 heteroatoms. The van der Waals surface area contributed by atoms with E-state index in [1.54, 1.807) is 0 Å². The fourth-order valence-electron chi connectivity index (χ4n) is 2.08. The molecule has 1 aromatic carbocycles. The molecule has 0 saturated carbocycles. The van der Waals surface area contributed by atoms with Gasteiger partial charge in [0.2, 0.25) is 0 Å². The Kier molecular flexibility index (Phi) is 7.02. The molecule has 0 aliphatic rings. The second kappa shape index (κ2) is 8.30. The molecule has 1 atom stereocenters. The van der Waals surface area contributed by atoms with Crippen molar-refractivity contribution in [2.45, 2.75) is 45.4 Å². The Morgan fingerprint density at radius 3 is 2.72 bits per heavy atom. The van der Waals surface area contributed by atoms with E-state index in [4.69, 9.17) is 0 Å². The number of halogens is 1. The van der Waals surface area contributed by atoms with E-state index >= 15 is 0 Å². The molecule has 1 N–H and O–H groups in total. The molecule has 0 bridgehead atoms. The molecule has 1 rings (SSSR count). The van der Waals surface area contributed by atoms with Crippen molar-refractivity contribution < 1.29 is 9.90 Å². The van der Waals surface area contributed by atoms with Crippen LogP contribution in [0.15, 0.2) is 28.7 Å². The molecule has 0 fully saturated rings. The van der Waals surface area contributed by atoms with Gasteiger partial charge < -0.3 is 5.11 Å². The van der Waals surface area contributed by atoms with Crippen molar-refractivity contribution in [3.8, 4) is 0 Å². The van der Waals surface area contributed by atoms with E-state index < -0.39 is 5.97 Å². The normalized spacial score (nSPS) is 12.3. The van der Waals surface area contributed by atoms with Gasteiger partial charge >= 0.3 is 5.97 Å². The van der Waals surface area contributed by atoms with Gasteiger partial charge in [0, 0.05) is 4.47 Å². The maximum absolute atomic E-state index is 11.2. The van der Waals surface area contributed by atoms with Crippen LogP contribution in [-0.4, -0.2) is 11.1 Å². The zero-order chi connectivity index (χ0) is 13.4. The number of carboxylic acid groups (broad SMARTS) is 1. The SMILES string of the molecule is CCCCCCC(Cc1cccc(Br)c1)C(=O)O. The van der Waals surface area contributed by atoms with Crippen LogP contribution in [-0.2, 0) is 11.2 Å². The van der Waals surface area contributed by atoms with Crippen LogP contribution in [0.2, 0.25) is 0 Å². The van der Waals surface area contributed by atoms with Gasteiger partial charge in [0.15, 0.2) is 0 Å². The van der Waals surface area contributed by atoms with E-state index in [9.17, 15) is 9.90 Å². The Bertz CT molecular complexity index is 377. The number of carboxylic acids is 1. The average molecular weight is 313 g/mol. The lowest BCUT2D eigenvalue weighted by Crippen LogP contribution is -2.16. The van der Waals surface area contributed by atoms with E-state index in [0.29, 0.717) is 6.42 Å². The molecule has 1 aromatic rings. The highest BCUT2D eigenvalue weighted by molar-refractivity contribution is 9.10. The fraction of sp³-hybridized carbons (Fsp3) is 0.533. The summed E-state index contributed by atoms with van der Waals surface area (Å²) < 4.78 is 1.01. The summed E-state index contributed by atoms with van der Waals surface area (Å²) >= 11 is 3.41. The zero-order valence-corrected chi connectivity index (χ0v) is 12.4. The number of aliphatic carboxylic acids is 1. The van der Waals surface area contributed by atoms with Crippen molar-refractivity contribution >= 4 is 21.9 Å². The number of hydrogen-bond acceptors (Lipinski definition) is 1. The molecule has 0 saturated heterocycles. The highest BCUT2D eigenvalue weighted by Gasteiger charge is 2.17. The van der Waals surface area contributed by atoms with Crippen molar-refractivity contribution in [3.05, 3.63) is 34.3 Å². The minimum absolute atomic E-state index is 0.254. The predicted molar refractivity (Wildman–Crippen MR) is 77.7 cm³/mol. The van der Waals surface area contributed by atoms with Crippen LogP contribution >= 0.6 is 15.9 Å². The summed E-state index contributed by atoms with van der Waals surface area (Å²) in [4.78, 5) is 11.2. The van der Waals surface area contributed by atoms with Crippen molar-refractivity contribution in [1.29, 1.82) is 0 Å². The first-order valence-corrected chi connectivity index (χ1v) is 7.40. The number of benzene rings is 1. The van der Waals surface area contributed by atoms with Crippen molar-refractivity contribution in [2.75, 3.05) is 0 Å². The lowest BCUT2D eigenvalue weighted by atomic mass is 9.94. The Balaban J connectivity index is 2.50. The van der Waals surface area contributed by atoms with Gasteiger partial charge in [-0.25, -0.2) is 0 Å². The Labute approximate surface area is 118 Å². The molecule has 0 spiro atoms. The van der Waals surface area contributed by atoms with Crippen molar-refractivity contribution in [1.82, 2.24) is 0 Å². The number of unbranched alkanes of at least 4 members (excludes halogenated alkanes) is 3. The molecular formula is C15H21BrO2. The quantitative estimate of drug-likeness (QED) is 0.709. The molecule has 100 valence electrons. The third-order valence-corrected chi connectivity index (χ3v) is 3.62. The maximum atomic E-state index is 11.2. The second-order valence-corrected chi connectivity index (χ2v) is 5.63. The summed E-state index contributed by atoms with van der Waals surface area (Å²) in [6.45, 7) is 2.16. The van der Waals surface area contributed by atoms with Gasteiger partial charge in [-0.1, -0.05) is 60.7 Å². The van der Waals surface area contributed by atoms with Crippen LogP contribution in [0.25, 0.3) is 0 Å². The first kappa shape index (κ1) is 15.2. The monoisotopic (exact) mass is 312 g/mol. The molecule has 0 amide bonds. The summed E-state index contributed by atoms with van der Waals surface area (Å²) in [5.41, 5.74) is 1.09. The number of carbonyl (C=O) groups is 1. The fourth-order valence-corrected chi connectivity index (χ4v) is 2.53. The van der Waals surface area contributed by atoms with Crippen molar-refractivity contribution in [2.24, 2.45) is 5.92 Å². The van der Waals surface area contributed by atoms with E-state index in [0.717, 1.165) is 29.3 Å². The Hall–Kier alpha value is -0.830. The topological polar surface area (TPSA) is 37.3 Å². The van der Waals surface area contributed by atoms with Crippen LogP contribution in [0.1, 0.15) is 44.6 Å². The summed E-state index contributed by atoms with van der Waals surface area (Å²) in [7, 11) is 0. The second-order valence-electron chi connectivity index (χ2n) is 4.72. The Morgan fingerprint density at radius 1 is 1.33 bits per heavy atom. The number of hydrogen-bond donors (Lipinski definition) is 1. The summed E-state index contributed by atoms with van der Waals surface area (Å²) in [5, 5.41) is 9.25. The van der Waals surface area contributed by atoms with Gasteiger partial charge in [-0.05, 0) is 30.5 Å². The molecule has 0 aliphatic carbocycles. The van der Waals surface area contributed by atoms with Crippen LogP contribution in [0.5, 0.6) is 0 Å². The van der Waals surface area contributed by atoms with Crippen molar-refractivity contribution in [3.63, 3.8) is 0 Å². The van der Waals surface area contributed by atoms with Gasteiger partial charge in [-0.15, -0.1) is 0 Å². The Morgan fingerprint density at radius 2 is 2.11 bits per heavy atom. The van der Waals surface area contributed by atoms with Gasteiger partial charge in [0.25, 0.3) is 0 Å². The summed E-state index contributed by atoms with van der Waals surface area (Å²) in [6.07, 6.45) is 5.94. The summed E-state index contributed by atoms with van der Waals surface area (Å²) in [5.74, 6) is -0.928. The molecule has 0 radical (unpaired) electrons. The summed E-state index contributed by atoms with van der Waals surface area (Å²) in [6, 6.07) is 7.91. The molecule has 0 aromatic heterocycles. The minimum Gasteiger partial charge on any atom is -0.481 e. The third kappa shape index (κ3) is 5.67. The van der Waals surface area contributed by atoms with E-state index in [1.807, 2.05) is 24.3 Å². The lowest BCUT2D eigenvalue weighted by Gasteiger charge is -2.12. The van der Waals surface area contributed by atoms with Gasteiger partial charge in [-0.3, -0.25) is 4.79 Å². The highest BCUT2D eigenvalue weighted by atomic mass is 79.9. The van der Waals surface area contributed by atoms with Crippen LogP contribution in [0.3, 0.4) is 0 Å². The standard InChI is InChI=1S/C15H21BrO2/c1-2-3-4-5-8-13(15(17)18)10-12-7-6-9-14(16)11-12/h6-7,9,11,13H,2-5,8,10H2,1H3,(H,17,18). The van der Waals surface area contributed by atoms with Crippen LogP contribution < -0.4 is 0 Å². The van der Waals surface area contributed by atoms with E-state index in [2.05, 4.69) is 22.9 Å². The lowest BCUT2D eigenvalue weighted by molar-refractivity contribution is -0.142. The first-order chi connectivity index (χ1) is 8.63. The van der Waals surface area contributed by atoms with Gasteiger partial charge in [0.1, 0.15) is 0 Å². The van der Waals surface area contributed by atoms with Gasteiger partial charge in [0.05, 0.1) is 5.92 Å². The molecule has 0 heterocycles. The molecule has 18 heavy (non-hydrogen) atoms. The smallest absolute Gasteiger partial charge is 0.306 e. The van der Waals surface area contributed by atoms with Gasteiger partial charge in [-0.2, -0.15) is 0 Å². The number of rotatable bonds is 8. The minimum atomic E-state index is -0.675. The van der Waals surface area contributed by atoms with Crippen LogP contribution in [0.4, 0.5) is 0 Å². The molecule has 0 aliphatic heterocycles. The largest absolute Gasteiger partial charge is 0.481 e. The first-order valence-electron chi connectivity index (χ1n) is 6.60. The highest BCUT2D eigenvalue weighted by Crippen LogP contribution is 2.19. The predicted octanol–water partition coefficient (Wildman–Crippen LogP) is 4.66. The van der Waals surface area contributed by atoms with Crippen LogP contribution in [0, 0.1) is 5.92 Å². The third-order valence-electron chi connectivity index (χ3n) is 3.13. The average Bonchev–Trinajstić information content (AvgIpc) is 2.33. The molecule has 1 unspecified atom stereocenters. The van der Waals surface area contributed by atoms with E-state index in [1.165, 1.54) is 12.8 Å². The zero-order valence-electron chi connectivity index (χ0n) is 10.9. The van der Waals surface area contributed by atoms with E-state index in [-0.39, 0.29) is 5.92 Å². The molecule has 2 nitrogen and oxygen atoms in total. The molecular weight excluding hydrogens is 292 g/mol. The maximum Gasteiger partial charge on any atom is 0.306 e.